The highest BCUT2D eigenvalue weighted by atomic mass is 32.2. The van der Waals surface area contributed by atoms with Crippen molar-refractivity contribution in [3.05, 3.63) is 83.9 Å². The van der Waals surface area contributed by atoms with Crippen LogP contribution in [0.2, 0.25) is 0 Å². The Bertz CT molecular complexity index is 1120. The minimum absolute atomic E-state index is 0.0835. The first-order valence-electron chi connectivity index (χ1n) is 8.24. The molecule has 0 heterocycles. The molecule has 0 spiro atoms. The Morgan fingerprint density at radius 1 is 0.821 bits per heavy atom. The first-order valence-corrected chi connectivity index (χ1v) is 10.2. The lowest BCUT2D eigenvalue weighted by molar-refractivity contribution is -0.136. The second-order valence-corrected chi connectivity index (χ2v) is 8.50. The molecule has 0 aromatic heterocycles. The van der Waals surface area contributed by atoms with E-state index in [-0.39, 0.29) is 5.56 Å². The van der Waals surface area contributed by atoms with Gasteiger partial charge in [0.25, 0.3) is 0 Å². The molecule has 1 atom stereocenters. The van der Waals surface area contributed by atoms with Crippen molar-refractivity contribution in [2.24, 2.45) is 0 Å². The quantitative estimate of drug-likeness (QED) is 0.684. The van der Waals surface area contributed by atoms with Gasteiger partial charge in [-0.05, 0) is 58.1 Å². The summed E-state index contributed by atoms with van der Waals surface area (Å²) in [5.41, 5.74) is 2.45. The molecule has 0 aliphatic heterocycles. The number of halogens is 2. The van der Waals surface area contributed by atoms with Crippen molar-refractivity contribution in [2.75, 3.05) is 6.26 Å². The van der Waals surface area contributed by atoms with Crippen LogP contribution in [0.3, 0.4) is 0 Å². The van der Waals surface area contributed by atoms with Crippen molar-refractivity contribution < 1.29 is 27.1 Å². The molecule has 0 saturated carbocycles. The summed E-state index contributed by atoms with van der Waals surface area (Å²) in [7, 11) is -3.92. The van der Waals surface area contributed by atoms with E-state index in [0.29, 0.717) is 22.3 Å². The number of aliphatic carboxylic acids is 1. The lowest BCUT2D eigenvalue weighted by Gasteiger charge is -2.16. The van der Waals surface area contributed by atoms with E-state index in [1.165, 1.54) is 48.5 Å². The fourth-order valence-corrected chi connectivity index (χ4v) is 4.05. The number of carboxylic acid groups (broad SMARTS) is 1. The number of carboxylic acids is 1. The molecule has 3 aromatic rings. The summed E-state index contributed by atoms with van der Waals surface area (Å²) in [6.45, 7) is 0. The Hall–Kier alpha value is -3.06. The predicted molar refractivity (Wildman–Crippen MR) is 102 cm³/mol. The first-order chi connectivity index (χ1) is 13.2. The molecule has 4 nitrogen and oxygen atoms in total. The summed E-state index contributed by atoms with van der Waals surface area (Å²) in [6.07, 6.45) is 0.858. The zero-order valence-electron chi connectivity index (χ0n) is 14.8. The number of rotatable bonds is 5. The number of benzene rings is 3. The van der Waals surface area contributed by atoms with E-state index >= 15 is 0 Å². The third-order valence-corrected chi connectivity index (χ3v) is 5.64. The topological polar surface area (TPSA) is 71.4 Å². The smallest absolute Gasteiger partial charge is 0.326 e. The van der Waals surface area contributed by atoms with Gasteiger partial charge in [0.05, 0.1) is 0 Å². The van der Waals surface area contributed by atoms with Crippen LogP contribution in [0, 0.1) is 11.6 Å². The highest BCUT2D eigenvalue weighted by Crippen LogP contribution is 2.36. The van der Waals surface area contributed by atoms with Crippen molar-refractivity contribution in [3.63, 3.8) is 0 Å². The summed E-state index contributed by atoms with van der Waals surface area (Å²) in [5.74, 6) is -2.34. The molecule has 3 rings (SSSR count). The van der Waals surface area contributed by atoms with Crippen LogP contribution in [0.5, 0.6) is 0 Å². The summed E-state index contributed by atoms with van der Waals surface area (Å²) >= 11 is 0. The summed E-state index contributed by atoms with van der Waals surface area (Å²) < 4.78 is 50.6. The Labute approximate surface area is 161 Å². The average Bonchev–Trinajstić information content (AvgIpc) is 2.62. The number of hydrogen-bond acceptors (Lipinski definition) is 3. The van der Waals surface area contributed by atoms with Crippen LogP contribution in [0.1, 0.15) is 10.8 Å². The Kier molecular flexibility index (Phi) is 5.29. The van der Waals surface area contributed by atoms with Crippen molar-refractivity contribution in [1.29, 1.82) is 0 Å². The van der Waals surface area contributed by atoms with Crippen LogP contribution in [-0.4, -0.2) is 25.7 Å². The van der Waals surface area contributed by atoms with Gasteiger partial charge in [-0.3, -0.25) is 4.79 Å². The maximum absolute atomic E-state index is 13.3. The van der Waals surface area contributed by atoms with E-state index in [1.807, 2.05) is 0 Å². The standard InChI is InChI=1S/C21H16F2O4S/c1-28(26,27)20(21(24)25)15-6-11-18(13-2-7-16(22)8-3-13)19(12-15)14-4-9-17(23)10-5-14/h2-12,20H,1H3,(H,24,25). The van der Waals surface area contributed by atoms with Gasteiger partial charge in [-0.15, -0.1) is 0 Å². The molecule has 0 amide bonds. The van der Waals surface area contributed by atoms with Gasteiger partial charge in [0.1, 0.15) is 11.6 Å². The van der Waals surface area contributed by atoms with Crippen molar-refractivity contribution >= 4 is 15.8 Å². The molecule has 1 N–H and O–H groups in total. The third kappa shape index (κ3) is 4.09. The van der Waals surface area contributed by atoms with Gasteiger partial charge in [-0.1, -0.05) is 36.4 Å². The molecular weight excluding hydrogens is 386 g/mol. The number of carbonyl (C=O) groups is 1. The maximum Gasteiger partial charge on any atom is 0.326 e. The molecule has 7 heteroatoms. The molecule has 144 valence electrons. The number of sulfone groups is 1. The van der Waals surface area contributed by atoms with Crippen LogP contribution >= 0.6 is 0 Å². The highest BCUT2D eigenvalue weighted by Gasteiger charge is 2.31. The SMILES string of the molecule is CS(=O)(=O)C(C(=O)O)c1ccc(-c2ccc(F)cc2)c(-c2ccc(F)cc2)c1. The van der Waals surface area contributed by atoms with Crippen LogP contribution in [-0.2, 0) is 14.6 Å². The molecular formula is C21H16F2O4S. The van der Waals surface area contributed by atoms with Crippen LogP contribution in [0.15, 0.2) is 66.7 Å². The molecule has 0 saturated heterocycles. The van der Waals surface area contributed by atoms with E-state index in [0.717, 1.165) is 6.26 Å². The highest BCUT2D eigenvalue weighted by molar-refractivity contribution is 7.91. The fraction of sp³-hybridized carbons (Fsp3) is 0.0952. The Balaban J connectivity index is 2.25. The summed E-state index contributed by atoms with van der Waals surface area (Å²) in [4.78, 5) is 11.6. The largest absolute Gasteiger partial charge is 0.480 e. The zero-order chi connectivity index (χ0) is 20.5. The van der Waals surface area contributed by atoms with Gasteiger partial charge < -0.3 is 5.11 Å². The zero-order valence-corrected chi connectivity index (χ0v) is 15.6. The maximum atomic E-state index is 13.3. The predicted octanol–water partition coefficient (Wildman–Crippen LogP) is 4.47. The minimum atomic E-state index is -3.92. The molecule has 0 bridgehead atoms. The molecule has 1 unspecified atom stereocenters. The van der Waals surface area contributed by atoms with Crippen molar-refractivity contribution in [1.82, 2.24) is 0 Å². The van der Waals surface area contributed by atoms with Crippen LogP contribution in [0.4, 0.5) is 8.78 Å². The van der Waals surface area contributed by atoms with E-state index in [9.17, 15) is 27.1 Å². The lowest BCUT2D eigenvalue weighted by atomic mass is 9.92. The van der Waals surface area contributed by atoms with Gasteiger partial charge in [-0.25, -0.2) is 17.2 Å². The molecule has 0 fully saturated rings. The minimum Gasteiger partial charge on any atom is -0.480 e. The fourth-order valence-electron chi connectivity index (χ4n) is 3.05. The van der Waals surface area contributed by atoms with E-state index in [2.05, 4.69) is 0 Å². The third-order valence-electron chi connectivity index (χ3n) is 4.31. The summed E-state index contributed by atoms with van der Waals surface area (Å²) in [5, 5.41) is 7.68. The second kappa shape index (κ2) is 7.52. The van der Waals surface area contributed by atoms with E-state index < -0.39 is 32.7 Å². The number of hydrogen-bond donors (Lipinski definition) is 1. The monoisotopic (exact) mass is 402 g/mol. The Morgan fingerprint density at radius 2 is 1.29 bits per heavy atom. The second-order valence-electron chi connectivity index (χ2n) is 6.37. The van der Waals surface area contributed by atoms with Gasteiger partial charge in [0.15, 0.2) is 15.1 Å². The molecule has 3 aromatic carbocycles. The van der Waals surface area contributed by atoms with Crippen LogP contribution < -0.4 is 0 Å². The van der Waals surface area contributed by atoms with Gasteiger partial charge in [0, 0.05) is 6.26 Å². The summed E-state index contributed by atoms with van der Waals surface area (Å²) in [6, 6.07) is 15.7. The first kappa shape index (κ1) is 19.7. The van der Waals surface area contributed by atoms with Crippen LogP contribution in [0.25, 0.3) is 22.3 Å². The van der Waals surface area contributed by atoms with Crippen molar-refractivity contribution in [3.8, 4) is 22.3 Å². The lowest BCUT2D eigenvalue weighted by Crippen LogP contribution is -2.20. The molecule has 0 aliphatic rings. The van der Waals surface area contributed by atoms with Gasteiger partial charge in [0.2, 0.25) is 0 Å². The molecule has 0 radical (unpaired) electrons. The van der Waals surface area contributed by atoms with E-state index in [1.54, 1.807) is 18.2 Å². The molecule has 0 aliphatic carbocycles. The molecule has 28 heavy (non-hydrogen) atoms. The van der Waals surface area contributed by atoms with E-state index in [4.69, 9.17) is 0 Å². The Morgan fingerprint density at radius 3 is 1.71 bits per heavy atom. The average molecular weight is 402 g/mol. The van der Waals surface area contributed by atoms with Crippen molar-refractivity contribution in [2.45, 2.75) is 5.25 Å². The normalized spacial score (nSPS) is 12.5. The van der Waals surface area contributed by atoms with Gasteiger partial charge >= 0.3 is 5.97 Å². The van der Waals surface area contributed by atoms with Gasteiger partial charge in [-0.2, -0.15) is 0 Å².